The van der Waals surface area contributed by atoms with Crippen molar-refractivity contribution in [2.45, 2.75) is 6.92 Å². The van der Waals surface area contributed by atoms with Crippen LogP contribution in [0.4, 0.5) is 5.69 Å². The Bertz CT molecular complexity index is 432. The third kappa shape index (κ3) is 5.12. The molecule has 0 fully saturated rings. The standard InChI is InChI=1S/C12H14N2O2S/c1-3-7-16-11-6-4-5-10(8-11)14-12(17)13-9(2)15/h3-6,8H,1,7H2,2H3,(H2,13,14,15,17). The SMILES string of the molecule is C=CCOc1cccc(NC(=S)NC(C)=O)c1. The molecule has 0 bridgehead atoms. The van der Waals surface area contributed by atoms with Gasteiger partial charge in [0.2, 0.25) is 5.91 Å². The van der Waals surface area contributed by atoms with Crippen LogP contribution in [0.15, 0.2) is 36.9 Å². The minimum Gasteiger partial charge on any atom is -0.489 e. The highest BCUT2D eigenvalue weighted by molar-refractivity contribution is 7.80. The van der Waals surface area contributed by atoms with Crippen LogP contribution in [-0.4, -0.2) is 17.6 Å². The third-order valence-corrected chi connectivity index (χ3v) is 1.95. The quantitative estimate of drug-likeness (QED) is 0.634. The van der Waals surface area contributed by atoms with Crippen molar-refractivity contribution in [3.63, 3.8) is 0 Å². The van der Waals surface area contributed by atoms with Gasteiger partial charge in [0.05, 0.1) is 0 Å². The predicted octanol–water partition coefficient (Wildman–Crippen LogP) is 2.08. The van der Waals surface area contributed by atoms with E-state index in [1.165, 1.54) is 6.92 Å². The summed E-state index contributed by atoms with van der Waals surface area (Å²) in [7, 11) is 0. The molecule has 1 amide bonds. The number of nitrogens with one attached hydrogen (secondary N) is 2. The molecular weight excluding hydrogens is 236 g/mol. The molecule has 1 aromatic rings. The van der Waals surface area contributed by atoms with Crippen molar-refractivity contribution in [3.05, 3.63) is 36.9 Å². The Morgan fingerprint density at radius 1 is 1.59 bits per heavy atom. The zero-order valence-corrected chi connectivity index (χ0v) is 10.3. The lowest BCUT2D eigenvalue weighted by molar-refractivity contribution is -0.117. The summed E-state index contributed by atoms with van der Waals surface area (Å²) in [6.07, 6.45) is 1.67. The van der Waals surface area contributed by atoms with Gasteiger partial charge >= 0.3 is 0 Å². The van der Waals surface area contributed by atoms with Gasteiger partial charge in [0.25, 0.3) is 0 Å². The van der Waals surface area contributed by atoms with Crippen molar-refractivity contribution in [1.29, 1.82) is 0 Å². The molecule has 2 N–H and O–H groups in total. The fourth-order valence-corrected chi connectivity index (χ4v) is 1.40. The average Bonchev–Trinajstić information content (AvgIpc) is 2.25. The molecule has 4 nitrogen and oxygen atoms in total. The van der Waals surface area contributed by atoms with Crippen molar-refractivity contribution in [2.24, 2.45) is 0 Å². The van der Waals surface area contributed by atoms with Gasteiger partial charge in [-0.1, -0.05) is 18.7 Å². The third-order valence-electron chi connectivity index (χ3n) is 1.75. The molecule has 1 rings (SSSR count). The summed E-state index contributed by atoms with van der Waals surface area (Å²) < 4.78 is 5.37. The lowest BCUT2D eigenvalue weighted by Gasteiger charge is -2.09. The van der Waals surface area contributed by atoms with Gasteiger partial charge in [-0.2, -0.15) is 0 Å². The first kappa shape index (κ1) is 13.2. The van der Waals surface area contributed by atoms with Gasteiger partial charge in [0, 0.05) is 18.7 Å². The minimum atomic E-state index is -0.207. The van der Waals surface area contributed by atoms with Crippen LogP contribution in [0.1, 0.15) is 6.92 Å². The highest BCUT2D eigenvalue weighted by Crippen LogP contribution is 2.17. The van der Waals surface area contributed by atoms with Gasteiger partial charge in [-0.05, 0) is 24.4 Å². The molecule has 90 valence electrons. The minimum absolute atomic E-state index is 0.207. The maximum Gasteiger partial charge on any atom is 0.222 e. The van der Waals surface area contributed by atoms with Crippen LogP contribution >= 0.6 is 12.2 Å². The van der Waals surface area contributed by atoms with Gasteiger partial charge in [0.15, 0.2) is 5.11 Å². The summed E-state index contributed by atoms with van der Waals surface area (Å²) >= 11 is 4.94. The molecule has 0 aliphatic rings. The Morgan fingerprint density at radius 3 is 3.00 bits per heavy atom. The Morgan fingerprint density at radius 2 is 2.35 bits per heavy atom. The van der Waals surface area contributed by atoms with E-state index in [0.29, 0.717) is 12.4 Å². The summed E-state index contributed by atoms with van der Waals surface area (Å²) in [5.74, 6) is 0.502. The van der Waals surface area contributed by atoms with Gasteiger partial charge < -0.3 is 15.4 Å². The molecular formula is C12H14N2O2S. The van der Waals surface area contributed by atoms with Crippen molar-refractivity contribution in [1.82, 2.24) is 5.32 Å². The van der Waals surface area contributed by atoms with Crippen LogP contribution in [0.5, 0.6) is 5.75 Å². The van der Waals surface area contributed by atoms with Crippen LogP contribution in [-0.2, 0) is 4.79 Å². The normalized spacial score (nSPS) is 9.24. The van der Waals surface area contributed by atoms with Crippen molar-refractivity contribution in [2.75, 3.05) is 11.9 Å². The zero-order chi connectivity index (χ0) is 12.7. The largest absolute Gasteiger partial charge is 0.489 e. The smallest absolute Gasteiger partial charge is 0.222 e. The molecule has 0 aliphatic heterocycles. The van der Waals surface area contributed by atoms with Gasteiger partial charge in [0.1, 0.15) is 12.4 Å². The second kappa shape index (κ2) is 6.65. The van der Waals surface area contributed by atoms with E-state index in [2.05, 4.69) is 17.2 Å². The number of hydrogen-bond donors (Lipinski definition) is 2. The van der Waals surface area contributed by atoms with Crippen molar-refractivity contribution >= 4 is 28.9 Å². The van der Waals surface area contributed by atoms with E-state index in [0.717, 1.165) is 5.69 Å². The first-order valence-electron chi connectivity index (χ1n) is 5.04. The molecule has 0 unspecified atom stereocenters. The molecule has 5 heteroatoms. The van der Waals surface area contributed by atoms with Crippen LogP contribution < -0.4 is 15.4 Å². The monoisotopic (exact) mass is 250 g/mol. The number of rotatable bonds is 4. The fourth-order valence-electron chi connectivity index (χ4n) is 1.14. The Kier molecular flexibility index (Phi) is 5.16. The summed E-state index contributed by atoms with van der Waals surface area (Å²) in [5, 5.41) is 5.62. The molecule has 0 radical (unpaired) electrons. The number of benzene rings is 1. The van der Waals surface area contributed by atoms with Crippen LogP contribution in [0.3, 0.4) is 0 Å². The molecule has 1 aromatic carbocycles. The van der Waals surface area contributed by atoms with E-state index in [1.807, 2.05) is 18.2 Å². The second-order valence-electron chi connectivity index (χ2n) is 3.26. The zero-order valence-electron chi connectivity index (χ0n) is 9.53. The number of carbonyl (C=O) groups excluding carboxylic acids is 1. The number of amides is 1. The Balaban J connectivity index is 2.61. The van der Waals surface area contributed by atoms with Gasteiger partial charge in [-0.3, -0.25) is 4.79 Å². The number of thiocarbonyl (C=S) groups is 1. The summed E-state index contributed by atoms with van der Waals surface area (Å²) in [6, 6.07) is 7.28. The van der Waals surface area contributed by atoms with Gasteiger partial charge in [-0.25, -0.2) is 0 Å². The molecule has 0 aromatic heterocycles. The maximum absolute atomic E-state index is 10.8. The molecule has 0 saturated heterocycles. The highest BCUT2D eigenvalue weighted by Gasteiger charge is 2.00. The van der Waals surface area contributed by atoms with Gasteiger partial charge in [-0.15, -0.1) is 0 Å². The molecule has 17 heavy (non-hydrogen) atoms. The Hall–Kier alpha value is -1.88. The van der Waals surface area contributed by atoms with Crippen LogP contribution in [0.25, 0.3) is 0 Å². The maximum atomic E-state index is 10.8. The molecule has 0 saturated carbocycles. The van der Waals surface area contributed by atoms with E-state index >= 15 is 0 Å². The van der Waals surface area contributed by atoms with E-state index in [-0.39, 0.29) is 11.0 Å². The van der Waals surface area contributed by atoms with Crippen LogP contribution in [0.2, 0.25) is 0 Å². The lowest BCUT2D eigenvalue weighted by Crippen LogP contribution is -2.32. The first-order valence-corrected chi connectivity index (χ1v) is 5.45. The second-order valence-corrected chi connectivity index (χ2v) is 3.67. The predicted molar refractivity (Wildman–Crippen MR) is 72.2 cm³/mol. The summed E-state index contributed by atoms with van der Waals surface area (Å²) in [4.78, 5) is 10.8. The van der Waals surface area contributed by atoms with E-state index in [1.54, 1.807) is 12.1 Å². The van der Waals surface area contributed by atoms with Crippen LogP contribution in [0, 0.1) is 0 Å². The number of anilines is 1. The van der Waals surface area contributed by atoms with Crippen molar-refractivity contribution in [3.8, 4) is 5.75 Å². The lowest BCUT2D eigenvalue weighted by atomic mass is 10.3. The van der Waals surface area contributed by atoms with E-state index < -0.39 is 0 Å². The molecule has 0 aliphatic carbocycles. The number of hydrogen-bond acceptors (Lipinski definition) is 3. The molecule has 0 heterocycles. The molecule has 0 spiro atoms. The Labute approximate surface area is 106 Å². The topological polar surface area (TPSA) is 50.4 Å². The summed E-state index contributed by atoms with van der Waals surface area (Å²) in [5.41, 5.74) is 0.755. The van der Waals surface area contributed by atoms with Crippen molar-refractivity contribution < 1.29 is 9.53 Å². The highest BCUT2D eigenvalue weighted by atomic mass is 32.1. The number of ether oxygens (including phenoxy) is 1. The molecule has 0 atom stereocenters. The van der Waals surface area contributed by atoms with E-state index in [9.17, 15) is 4.79 Å². The first-order chi connectivity index (χ1) is 8.11. The fraction of sp³-hybridized carbons (Fsp3) is 0.167. The number of carbonyl (C=O) groups is 1. The average molecular weight is 250 g/mol. The summed E-state index contributed by atoms with van der Waals surface area (Å²) in [6.45, 7) is 5.41. The van der Waals surface area contributed by atoms with E-state index in [4.69, 9.17) is 17.0 Å².